The fraction of sp³-hybridized carbons (Fsp3) is 0.562. The topological polar surface area (TPSA) is 196 Å². The monoisotopic (exact) mass is 477 g/mol. The number of fused-ring (bicyclic) bond motifs is 1. The third kappa shape index (κ3) is 7.92. The summed E-state index contributed by atoms with van der Waals surface area (Å²) in [6.07, 6.45) is -1.47. The van der Waals surface area contributed by atoms with Gasteiger partial charge in [0.1, 0.15) is 18.2 Å². The highest BCUT2D eigenvalue weighted by molar-refractivity contribution is 7.53. The van der Waals surface area contributed by atoms with E-state index in [1.165, 1.54) is 12.7 Å². The molecule has 0 aliphatic rings. The maximum absolute atomic E-state index is 12.8. The highest BCUT2D eigenvalue weighted by Crippen LogP contribution is 2.48. The second-order valence-corrected chi connectivity index (χ2v) is 8.51. The Morgan fingerprint density at radius 1 is 1.16 bits per heavy atom. The average molecular weight is 477 g/mol. The number of carbonyl (C=O) groups is 2. The summed E-state index contributed by atoms with van der Waals surface area (Å²) in [7, 11) is -4.08. The number of nitrogen functional groups attached to an aromatic ring is 1. The zero-order valence-corrected chi connectivity index (χ0v) is 18.5. The molecule has 0 amide bonds. The molecule has 0 saturated carbocycles. The zero-order chi connectivity index (χ0) is 23.7. The molecule has 32 heavy (non-hydrogen) atoms. The molecule has 0 aliphatic heterocycles. The van der Waals surface area contributed by atoms with Crippen LogP contribution < -0.4 is 5.73 Å². The summed E-state index contributed by atoms with van der Waals surface area (Å²) in [6, 6.07) is 0. The van der Waals surface area contributed by atoms with Crippen molar-refractivity contribution in [3.63, 3.8) is 0 Å². The van der Waals surface area contributed by atoms with Gasteiger partial charge in [0.15, 0.2) is 11.5 Å². The lowest BCUT2D eigenvalue weighted by Gasteiger charge is -2.20. The number of hydrogen-bond donors (Lipinski definition) is 2. The van der Waals surface area contributed by atoms with Gasteiger partial charge in [0.25, 0.3) is 0 Å². The molecule has 0 bridgehead atoms. The fourth-order valence-electron chi connectivity index (χ4n) is 2.23. The summed E-state index contributed by atoms with van der Waals surface area (Å²) >= 11 is 0. The Labute approximate surface area is 182 Å². The minimum absolute atomic E-state index is 0.225. The SMILES string of the molecule is CC(C)OC(=O)OCO[P@@](=O)(COC(C)Cn1cnc2c(N)ncnc21)OCOC(=O)O. The van der Waals surface area contributed by atoms with Gasteiger partial charge in [-0.05, 0) is 20.8 Å². The van der Waals surface area contributed by atoms with E-state index >= 15 is 0 Å². The van der Waals surface area contributed by atoms with Crippen LogP contribution in [0.4, 0.5) is 15.4 Å². The number of hydrogen-bond acceptors (Lipinski definition) is 13. The van der Waals surface area contributed by atoms with Crippen molar-refractivity contribution in [2.75, 3.05) is 25.7 Å². The van der Waals surface area contributed by atoms with Crippen LogP contribution >= 0.6 is 7.60 Å². The van der Waals surface area contributed by atoms with Crippen LogP contribution in [0.15, 0.2) is 12.7 Å². The zero-order valence-electron chi connectivity index (χ0n) is 17.6. The first-order chi connectivity index (χ1) is 15.1. The first kappa shape index (κ1) is 25.3. The summed E-state index contributed by atoms with van der Waals surface area (Å²) in [6.45, 7) is 3.47. The Bertz CT molecular complexity index is 968. The molecule has 16 heteroatoms. The lowest BCUT2D eigenvalue weighted by molar-refractivity contribution is -0.0297. The molecule has 0 aliphatic carbocycles. The number of rotatable bonds is 12. The van der Waals surface area contributed by atoms with E-state index in [1.54, 1.807) is 25.3 Å². The first-order valence-corrected chi connectivity index (χ1v) is 10.9. The molecule has 0 saturated heterocycles. The fourth-order valence-corrected chi connectivity index (χ4v) is 3.32. The van der Waals surface area contributed by atoms with Crippen LogP contribution in [0.5, 0.6) is 0 Å². The van der Waals surface area contributed by atoms with Crippen molar-refractivity contribution < 1.29 is 47.3 Å². The Balaban J connectivity index is 1.94. The van der Waals surface area contributed by atoms with Gasteiger partial charge in [-0.15, -0.1) is 0 Å². The maximum atomic E-state index is 12.8. The van der Waals surface area contributed by atoms with Gasteiger partial charge < -0.3 is 34.4 Å². The summed E-state index contributed by atoms with van der Waals surface area (Å²) in [5, 5.41) is 8.53. The smallest absolute Gasteiger partial charge is 0.450 e. The molecule has 2 rings (SSSR count). The summed E-state index contributed by atoms with van der Waals surface area (Å²) in [4.78, 5) is 34.0. The van der Waals surface area contributed by atoms with E-state index in [4.69, 9.17) is 29.4 Å². The molecular weight excluding hydrogens is 453 g/mol. The Kier molecular flexibility index (Phi) is 9.13. The number of nitrogens with two attached hydrogens (primary N) is 1. The van der Waals surface area contributed by atoms with Crippen LogP contribution in [0.25, 0.3) is 11.2 Å². The average Bonchev–Trinajstić information content (AvgIpc) is 3.10. The molecule has 2 atom stereocenters. The standard InChI is InChI=1S/C16H24N5O10P/c1-10(2)31-16(24)27-8-30-32(25,29-7-26-15(22)23)9-28-11(3)4-21-6-20-12-13(17)18-5-19-14(12)21/h5-6,10-11H,4,7-9H2,1-3H3,(H,22,23)(H2,17,18,19)/t11?,32-/m1/s1. The molecule has 3 N–H and O–H groups in total. The van der Waals surface area contributed by atoms with E-state index < -0.39 is 52.0 Å². The molecular formula is C16H24N5O10P. The molecule has 1 unspecified atom stereocenters. The third-order valence-electron chi connectivity index (χ3n) is 3.59. The van der Waals surface area contributed by atoms with E-state index in [1.807, 2.05) is 0 Å². The van der Waals surface area contributed by atoms with E-state index in [0.29, 0.717) is 11.2 Å². The largest absolute Gasteiger partial charge is 0.510 e. The molecule has 0 spiro atoms. The van der Waals surface area contributed by atoms with E-state index in [0.717, 1.165) is 0 Å². The molecule has 2 aromatic heterocycles. The van der Waals surface area contributed by atoms with Crippen molar-refractivity contribution >= 4 is 36.9 Å². The number of carbonyl (C=O) groups excluding carboxylic acids is 1. The predicted octanol–water partition coefficient (Wildman–Crippen LogP) is 2.17. The second-order valence-electron chi connectivity index (χ2n) is 6.51. The Morgan fingerprint density at radius 3 is 2.50 bits per heavy atom. The Hall–Kier alpha value is -3.00. The van der Waals surface area contributed by atoms with Crippen molar-refractivity contribution in [3.05, 3.63) is 12.7 Å². The number of aromatic nitrogens is 4. The number of ether oxygens (including phenoxy) is 4. The summed E-state index contributed by atoms with van der Waals surface area (Å²) in [5.74, 6) is 0.225. The number of imidazole rings is 1. The predicted molar refractivity (Wildman–Crippen MR) is 106 cm³/mol. The van der Waals surface area contributed by atoms with Crippen LogP contribution in [-0.4, -0.2) is 69.1 Å². The molecule has 2 heterocycles. The van der Waals surface area contributed by atoms with E-state index in [-0.39, 0.29) is 12.4 Å². The number of anilines is 1. The minimum Gasteiger partial charge on any atom is -0.450 e. The van der Waals surface area contributed by atoms with E-state index in [2.05, 4.69) is 24.4 Å². The second kappa shape index (κ2) is 11.6. The van der Waals surface area contributed by atoms with Gasteiger partial charge >= 0.3 is 19.9 Å². The van der Waals surface area contributed by atoms with Gasteiger partial charge in [0.2, 0.25) is 13.6 Å². The summed E-state index contributed by atoms with van der Waals surface area (Å²) in [5.41, 5.74) is 6.66. The minimum atomic E-state index is -4.08. The van der Waals surface area contributed by atoms with Gasteiger partial charge in [-0.1, -0.05) is 0 Å². The van der Waals surface area contributed by atoms with Crippen molar-refractivity contribution in [1.82, 2.24) is 19.5 Å². The van der Waals surface area contributed by atoms with Crippen LogP contribution in [0, 0.1) is 0 Å². The van der Waals surface area contributed by atoms with Crippen molar-refractivity contribution in [1.29, 1.82) is 0 Å². The normalized spacial score (nSPS) is 14.1. The van der Waals surface area contributed by atoms with Crippen LogP contribution in [0.2, 0.25) is 0 Å². The third-order valence-corrected chi connectivity index (χ3v) is 5.05. The van der Waals surface area contributed by atoms with Gasteiger partial charge in [0.05, 0.1) is 25.1 Å². The molecule has 0 aromatic carbocycles. The highest BCUT2D eigenvalue weighted by Gasteiger charge is 2.28. The molecule has 178 valence electrons. The van der Waals surface area contributed by atoms with Gasteiger partial charge in [-0.3, -0.25) is 13.6 Å². The van der Waals surface area contributed by atoms with Gasteiger partial charge in [-0.2, -0.15) is 0 Å². The van der Waals surface area contributed by atoms with Crippen LogP contribution in [0.3, 0.4) is 0 Å². The lowest BCUT2D eigenvalue weighted by atomic mass is 10.4. The molecule has 0 radical (unpaired) electrons. The maximum Gasteiger partial charge on any atom is 0.510 e. The van der Waals surface area contributed by atoms with Gasteiger partial charge in [0, 0.05) is 0 Å². The van der Waals surface area contributed by atoms with Crippen LogP contribution in [-0.2, 0) is 39.1 Å². The molecule has 2 aromatic rings. The highest BCUT2D eigenvalue weighted by atomic mass is 31.2. The lowest BCUT2D eigenvalue weighted by Crippen LogP contribution is -2.19. The molecule has 15 nitrogen and oxygen atoms in total. The van der Waals surface area contributed by atoms with Crippen molar-refractivity contribution in [3.8, 4) is 0 Å². The summed E-state index contributed by atoms with van der Waals surface area (Å²) < 4.78 is 43.5. The quantitative estimate of drug-likeness (QED) is 0.256. The van der Waals surface area contributed by atoms with E-state index in [9.17, 15) is 14.2 Å². The Morgan fingerprint density at radius 2 is 1.84 bits per heavy atom. The number of nitrogens with zero attached hydrogens (tertiary/aromatic N) is 4. The van der Waals surface area contributed by atoms with Crippen molar-refractivity contribution in [2.24, 2.45) is 0 Å². The van der Waals surface area contributed by atoms with Crippen molar-refractivity contribution in [2.45, 2.75) is 39.5 Å². The van der Waals surface area contributed by atoms with Crippen LogP contribution in [0.1, 0.15) is 20.8 Å². The molecule has 0 fully saturated rings. The number of carboxylic acid groups (broad SMARTS) is 1. The first-order valence-electron chi connectivity index (χ1n) is 9.20. The van der Waals surface area contributed by atoms with Gasteiger partial charge in [-0.25, -0.2) is 24.5 Å².